The molecule has 0 bridgehead atoms. The first kappa shape index (κ1) is 25.3. The third kappa shape index (κ3) is 5.09. The van der Waals surface area contributed by atoms with Gasteiger partial charge in [-0.15, -0.1) is 11.3 Å². The highest BCUT2D eigenvalue weighted by Gasteiger charge is 2.57. The van der Waals surface area contributed by atoms with Crippen molar-refractivity contribution in [2.75, 3.05) is 6.61 Å². The summed E-state index contributed by atoms with van der Waals surface area (Å²) in [6.45, 7) is 3.09. The molecule has 1 aromatic heterocycles. The van der Waals surface area contributed by atoms with Crippen molar-refractivity contribution in [3.05, 3.63) is 52.9 Å². The second kappa shape index (κ2) is 10.5. The van der Waals surface area contributed by atoms with Gasteiger partial charge in [-0.25, -0.2) is 0 Å². The van der Waals surface area contributed by atoms with E-state index in [1.54, 1.807) is 29.6 Å². The third-order valence-electron chi connectivity index (χ3n) is 5.52. The van der Waals surface area contributed by atoms with E-state index in [4.69, 9.17) is 23.7 Å². The van der Waals surface area contributed by atoms with E-state index in [2.05, 4.69) is 0 Å². The maximum atomic E-state index is 13.4. The Hall–Kier alpha value is -3.77. The summed E-state index contributed by atoms with van der Waals surface area (Å²) in [5, 5.41) is 2.14. The second-order valence-electron chi connectivity index (χ2n) is 8.06. The maximum Gasteiger partial charge on any atom is 0.303 e. The van der Waals surface area contributed by atoms with Crippen LogP contribution in [0.2, 0.25) is 0 Å². The monoisotopic (exact) mass is 517 g/mol. The zero-order valence-electron chi connectivity index (χ0n) is 19.6. The van der Waals surface area contributed by atoms with Gasteiger partial charge in [0.1, 0.15) is 18.8 Å². The van der Waals surface area contributed by atoms with E-state index in [0.717, 1.165) is 18.7 Å². The molecule has 5 atom stereocenters. The number of thiophene rings is 1. The number of rotatable bonds is 7. The van der Waals surface area contributed by atoms with Crippen LogP contribution < -0.4 is 4.74 Å². The van der Waals surface area contributed by atoms with Gasteiger partial charge in [0, 0.05) is 20.8 Å². The van der Waals surface area contributed by atoms with Gasteiger partial charge in [-0.2, -0.15) is 0 Å². The molecule has 2 amide bonds. The summed E-state index contributed by atoms with van der Waals surface area (Å²) in [6.07, 6.45) is -5.22. The molecule has 4 rings (SSSR count). The fraction of sp³-hybridized carbons (Fsp3) is 0.375. The first-order valence-electron chi connectivity index (χ1n) is 11.0. The molecule has 12 heteroatoms. The van der Waals surface area contributed by atoms with Crippen LogP contribution in [0.4, 0.5) is 0 Å². The van der Waals surface area contributed by atoms with Gasteiger partial charge in [-0.3, -0.25) is 28.9 Å². The van der Waals surface area contributed by atoms with Gasteiger partial charge in [0.05, 0.1) is 11.1 Å². The molecule has 2 aliphatic heterocycles. The van der Waals surface area contributed by atoms with Crippen molar-refractivity contribution < 1.29 is 47.7 Å². The van der Waals surface area contributed by atoms with Crippen molar-refractivity contribution >= 4 is 41.1 Å². The Kier molecular flexibility index (Phi) is 7.36. The Morgan fingerprint density at radius 2 is 1.50 bits per heavy atom. The summed E-state index contributed by atoms with van der Waals surface area (Å²) in [7, 11) is 0. The molecule has 0 spiro atoms. The number of carbonyl (C=O) groups is 5. The number of carbonyl (C=O) groups excluding carboxylic acids is 5. The largest absolute Gasteiger partial charge is 0.463 e. The molecule has 1 fully saturated rings. The van der Waals surface area contributed by atoms with E-state index < -0.39 is 60.4 Å². The molecule has 11 nitrogen and oxygen atoms in total. The molecule has 1 aromatic carbocycles. The van der Waals surface area contributed by atoms with Crippen molar-refractivity contribution in [1.29, 1.82) is 0 Å². The predicted molar refractivity (Wildman–Crippen MR) is 122 cm³/mol. The van der Waals surface area contributed by atoms with Gasteiger partial charge < -0.3 is 23.7 Å². The number of esters is 3. The topological polar surface area (TPSA) is 135 Å². The van der Waals surface area contributed by atoms with Gasteiger partial charge in [-0.05, 0) is 29.6 Å². The number of imide groups is 1. The zero-order valence-corrected chi connectivity index (χ0v) is 20.4. The third-order valence-corrected chi connectivity index (χ3v) is 6.28. The fourth-order valence-electron chi connectivity index (χ4n) is 4.18. The van der Waals surface area contributed by atoms with E-state index in [0.29, 0.717) is 5.06 Å². The molecule has 36 heavy (non-hydrogen) atoms. The van der Waals surface area contributed by atoms with Gasteiger partial charge in [0.25, 0.3) is 11.8 Å². The lowest BCUT2D eigenvalue weighted by Crippen LogP contribution is -2.68. The maximum absolute atomic E-state index is 13.4. The number of hydrogen-bond acceptors (Lipinski definition) is 11. The highest BCUT2D eigenvalue weighted by atomic mass is 32.1. The van der Waals surface area contributed by atoms with Crippen LogP contribution in [0.25, 0.3) is 0 Å². The van der Waals surface area contributed by atoms with Crippen LogP contribution in [0.5, 0.6) is 5.06 Å². The number of benzene rings is 1. The van der Waals surface area contributed by atoms with E-state index >= 15 is 0 Å². The number of ether oxygens (including phenoxy) is 5. The SMILES string of the molecule is CC(=O)OC[C@H]1O[C@@H](Oc2cccs2)[C@H](N2C(=O)c3ccccc3C2=O)[C@@H](OC(C)=O)[C@@H]1OC(C)=O. The minimum atomic E-state index is -1.40. The Morgan fingerprint density at radius 3 is 2.03 bits per heavy atom. The average molecular weight is 518 g/mol. The van der Waals surface area contributed by atoms with Crippen molar-refractivity contribution in [2.24, 2.45) is 0 Å². The lowest BCUT2D eigenvalue weighted by Gasteiger charge is -2.46. The molecule has 190 valence electrons. The molecule has 1 saturated heterocycles. The zero-order chi connectivity index (χ0) is 26.0. The van der Waals surface area contributed by atoms with Crippen LogP contribution in [0.1, 0.15) is 41.5 Å². The molecule has 0 N–H and O–H groups in total. The first-order chi connectivity index (χ1) is 17.2. The Bertz CT molecular complexity index is 1140. The van der Waals surface area contributed by atoms with Gasteiger partial charge in [0.2, 0.25) is 6.29 Å². The minimum Gasteiger partial charge on any atom is -0.463 e. The highest BCUT2D eigenvalue weighted by Crippen LogP contribution is 2.36. The number of hydrogen-bond donors (Lipinski definition) is 0. The van der Waals surface area contributed by atoms with Gasteiger partial charge in [-0.1, -0.05) is 12.1 Å². The van der Waals surface area contributed by atoms with Crippen LogP contribution >= 0.6 is 11.3 Å². The average Bonchev–Trinajstić information content (AvgIpc) is 3.41. The first-order valence-corrected chi connectivity index (χ1v) is 11.9. The Balaban J connectivity index is 1.80. The summed E-state index contributed by atoms with van der Waals surface area (Å²) in [5.41, 5.74) is 0.315. The summed E-state index contributed by atoms with van der Waals surface area (Å²) in [4.78, 5) is 63.3. The molecule has 3 heterocycles. The highest BCUT2D eigenvalue weighted by molar-refractivity contribution is 7.11. The summed E-state index contributed by atoms with van der Waals surface area (Å²) >= 11 is 1.23. The second-order valence-corrected chi connectivity index (χ2v) is 8.97. The van der Waals surface area contributed by atoms with E-state index in [9.17, 15) is 24.0 Å². The van der Waals surface area contributed by atoms with Crippen molar-refractivity contribution in [2.45, 2.75) is 51.4 Å². The molecule has 0 radical (unpaired) electrons. The molecular weight excluding hydrogens is 494 g/mol. The normalized spacial score (nSPS) is 25.2. The molecule has 0 saturated carbocycles. The molecule has 2 aliphatic rings. The lowest BCUT2D eigenvalue weighted by atomic mass is 9.94. The molecule has 0 aliphatic carbocycles. The summed E-state index contributed by atoms with van der Waals surface area (Å²) in [5.74, 6) is -3.43. The van der Waals surface area contributed by atoms with Crippen LogP contribution in [0.15, 0.2) is 41.8 Å². The van der Waals surface area contributed by atoms with Crippen LogP contribution in [-0.2, 0) is 33.3 Å². The number of amides is 2. The summed E-state index contributed by atoms with van der Waals surface area (Å²) < 4.78 is 28.1. The van der Waals surface area contributed by atoms with Crippen LogP contribution in [-0.4, -0.2) is 71.9 Å². The van der Waals surface area contributed by atoms with Crippen molar-refractivity contribution in [3.63, 3.8) is 0 Å². The minimum absolute atomic E-state index is 0.157. The lowest BCUT2D eigenvalue weighted by molar-refractivity contribution is -0.264. The standard InChI is InChI=1S/C24H23NO10S/c1-12(26)31-11-17-20(32-13(2)27)21(33-14(3)28)19(24(34-17)35-18-9-6-10-36-18)25-22(29)15-7-4-5-8-16(15)23(25)30/h4-10,17,19-21,24H,11H2,1-3H3/t17-,19-,20-,21-,24+/m1/s1. The van der Waals surface area contributed by atoms with Crippen LogP contribution in [0, 0.1) is 0 Å². The smallest absolute Gasteiger partial charge is 0.303 e. The van der Waals surface area contributed by atoms with E-state index in [1.807, 2.05) is 0 Å². The Morgan fingerprint density at radius 1 is 0.889 bits per heavy atom. The van der Waals surface area contributed by atoms with Crippen LogP contribution in [0.3, 0.4) is 0 Å². The number of nitrogens with zero attached hydrogens (tertiary/aromatic N) is 1. The number of fused-ring (bicyclic) bond motifs is 1. The molecule has 2 aromatic rings. The van der Waals surface area contributed by atoms with E-state index in [1.165, 1.54) is 30.4 Å². The van der Waals surface area contributed by atoms with Crippen molar-refractivity contribution in [3.8, 4) is 5.06 Å². The molecule has 0 unspecified atom stereocenters. The predicted octanol–water partition coefficient (Wildman–Crippen LogP) is 1.94. The fourth-order valence-corrected chi connectivity index (χ4v) is 4.78. The Labute approximate surface area is 209 Å². The van der Waals surface area contributed by atoms with Crippen molar-refractivity contribution in [1.82, 2.24) is 4.90 Å². The van der Waals surface area contributed by atoms with Gasteiger partial charge >= 0.3 is 17.9 Å². The quantitative estimate of drug-likeness (QED) is 0.305. The summed E-state index contributed by atoms with van der Waals surface area (Å²) in [6, 6.07) is 8.26. The molecular formula is C24H23NO10S. The van der Waals surface area contributed by atoms with Gasteiger partial charge in [0.15, 0.2) is 17.3 Å². The van der Waals surface area contributed by atoms with E-state index in [-0.39, 0.29) is 17.7 Å².